The summed E-state index contributed by atoms with van der Waals surface area (Å²) in [5.41, 5.74) is 9.49. The highest BCUT2D eigenvalue weighted by Gasteiger charge is 2.31. The smallest absolute Gasteiger partial charge is 0.253 e. The van der Waals surface area contributed by atoms with Crippen molar-refractivity contribution in [1.82, 2.24) is 4.48 Å². The van der Waals surface area contributed by atoms with Crippen LogP contribution in [-0.2, 0) is 4.79 Å². The summed E-state index contributed by atoms with van der Waals surface area (Å²) in [6, 6.07) is 9.34. The van der Waals surface area contributed by atoms with E-state index >= 15 is 0 Å². The van der Waals surface area contributed by atoms with E-state index in [-0.39, 0.29) is 40.3 Å². The van der Waals surface area contributed by atoms with Gasteiger partial charge < -0.3 is 21.6 Å². The fourth-order valence-electron chi connectivity index (χ4n) is 3.18. The Morgan fingerprint density at radius 2 is 1.96 bits per heavy atom. The molecule has 1 aliphatic carbocycles. The van der Waals surface area contributed by atoms with Crippen LogP contribution in [0, 0.1) is 5.41 Å². The lowest BCUT2D eigenvalue weighted by atomic mass is 9.87. The maximum Gasteiger partial charge on any atom is 0.253 e. The number of nitrogens with two attached hydrogens (primary N) is 1. The summed E-state index contributed by atoms with van der Waals surface area (Å²) in [6.45, 7) is 0. The van der Waals surface area contributed by atoms with E-state index in [2.05, 4.69) is 42.4 Å². The third-order valence-corrected chi connectivity index (χ3v) is 5.45. The Kier molecular flexibility index (Phi) is 5.27. The molecule has 0 fully saturated rings. The van der Waals surface area contributed by atoms with Gasteiger partial charge in [0.2, 0.25) is 0 Å². The standard InChI is InChI=1S/C20H20BrClN4O2/c1-26(2,3)11-6-4-5-10(7-11)25-15-9-14(24)17-16(20(22)28)12(21)8-13(23)18(17)19(15)27/h4-7,9,25H,8,24H2,1-3H3,(H-,23,27)/p+1. The van der Waals surface area contributed by atoms with Crippen molar-refractivity contribution >= 4 is 66.8 Å². The van der Waals surface area contributed by atoms with Crippen LogP contribution in [0.5, 0.6) is 5.75 Å². The highest BCUT2D eigenvalue weighted by Crippen LogP contribution is 2.46. The van der Waals surface area contributed by atoms with Crippen molar-refractivity contribution in [2.75, 3.05) is 32.2 Å². The van der Waals surface area contributed by atoms with Crippen LogP contribution >= 0.6 is 27.5 Å². The average molecular weight is 465 g/mol. The van der Waals surface area contributed by atoms with Gasteiger partial charge in [0.1, 0.15) is 11.4 Å². The van der Waals surface area contributed by atoms with Crippen LogP contribution in [0.25, 0.3) is 5.57 Å². The molecule has 0 unspecified atom stereocenters. The van der Waals surface area contributed by atoms with Gasteiger partial charge in [0.15, 0.2) is 0 Å². The second-order valence-electron chi connectivity index (χ2n) is 7.51. The number of carbonyl (C=O) groups excluding carboxylic acids is 1. The molecule has 0 heterocycles. The summed E-state index contributed by atoms with van der Waals surface area (Å²) < 4.78 is 1.12. The van der Waals surface area contributed by atoms with Crippen LogP contribution in [0.2, 0.25) is 0 Å². The monoisotopic (exact) mass is 463 g/mol. The number of quaternary nitrogens is 1. The molecule has 3 rings (SSSR count). The third kappa shape index (κ3) is 3.65. The molecule has 0 aliphatic heterocycles. The molecule has 0 atom stereocenters. The van der Waals surface area contributed by atoms with E-state index in [0.29, 0.717) is 14.7 Å². The molecule has 0 aromatic heterocycles. The molecule has 1 aliphatic rings. The summed E-state index contributed by atoms with van der Waals surface area (Å²) in [5.74, 6) is -0.139. The minimum absolute atomic E-state index is 0.139. The molecule has 0 spiro atoms. The van der Waals surface area contributed by atoms with Crippen molar-refractivity contribution in [2.24, 2.45) is 0 Å². The number of benzene rings is 2. The minimum Gasteiger partial charge on any atom is -0.505 e. The lowest BCUT2D eigenvalue weighted by Gasteiger charge is -2.25. The second-order valence-corrected chi connectivity index (χ2v) is 8.81. The summed E-state index contributed by atoms with van der Waals surface area (Å²) in [5, 5.41) is 21.6. The summed E-state index contributed by atoms with van der Waals surface area (Å²) in [6.07, 6.45) is 0.147. The molecule has 0 radical (unpaired) electrons. The minimum atomic E-state index is -0.692. The van der Waals surface area contributed by atoms with Crippen molar-refractivity contribution in [1.29, 1.82) is 5.41 Å². The van der Waals surface area contributed by atoms with Crippen molar-refractivity contribution in [2.45, 2.75) is 6.42 Å². The number of hydrogen-bond donors (Lipinski definition) is 4. The zero-order valence-electron chi connectivity index (χ0n) is 15.7. The quantitative estimate of drug-likeness (QED) is 0.175. The summed E-state index contributed by atoms with van der Waals surface area (Å²) >= 11 is 9.03. The van der Waals surface area contributed by atoms with Crippen LogP contribution in [-0.4, -0.2) is 37.2 Å². The largest absolute Gasteiger partial charge is 0.505 e. The maximum absolute atomic E-state index is 11.9. The van der Waals surface area contributed by atoms with Gasteiger partial charge in [-0.25, -0.2) is 0 Å². The molecule has 146 valence electrons. The Labute approximate surface area is 176 Å². The van der Waals surface area contributed by atoms with Gasteiger partial charge in [0.05, 0.1) is 32.4 Å². The molecule has 28 heavy (non-hydrogen) atoms. The van der Waals surface area contributed by atoms with E-state index in [0.717, 1.165) is 11.4 Å². The number of aromatic hydroxyl groups is 1. The number of carbonyl (C=O) groups is 1. The van der Waals surface area contributed by atoms with Crippen LogP contribution in [0.1, 0.15) is 17.5 Å². The fourth-order valence-corrected chi connectivity index (χ4v) is 4.16. The van der Waals surface area contributed by atoms with Crippen LogP contribution in [0.3, 0.4) is 0 Å². The first-order chi connectivity index (χ1) is 13.0. The maximum atomic E-state index is 11.9. The molecule has 5 N–H and O–H groups in total. The number of halogens is 2. The number of nitrogen functional groups attached to an aromatic ring is 1. The molecule has 8 heteroatoms. The first-order valence-electron chi connectivity index (χ1n) is 8.52. The number of nitrogens with one attached hydrogen (secondary N) is 2. The Hall–Kier alpha value is -2.35. The molecule has 2 aromatic rings. The van der Waals surface area contributed by atoms with E-state index < -0.39 is 5.24 Å². The number of hydrogen-bond acceptors (Lipinski definition) is 5. The van der Waals surface area contributed by atoms with E-state index in [9.17, 15) is 9.90 Å². The van der Waals surface area contributed by atoms with Crippen LogP contribution < -0.4 is 15.5 Å². The van der Waals surface area contributed by atoms with E-state index in [1.807, 2.05) is 24.3 Å². The normalized spacial score (nSPS) is 14.1. The van der Waals surface area contributed by atoms with Crippen molar-refractivity contribution in [3.05, 3.63) is 45.9 Å². The Morgan fingerprint density at radius 1 is 1.29 bits per heavy atom. The molecule has 6 nitrogen and oxygen atoms in total. The van der Waals surface area contributed by atoms with E-state index in [4.69, 9.17) is 22.7 Å². The lowest BCUT2D eigenvalue weighted by molar-refractivity contribution is -0.106. The topological polar surface area (TPSA) is 99.2 Å². The second kappa shape index (κ2) is 7.24. The Morgan fingerprint density at radius 3 is 2.57 bits per heavy atom. The number of rotatable bonds is 4. The van der Waals surface area contributed by atoms with Gasteiger partial charge in [-0.05, 0) is 29.8 Å². The Balaban J connectivity index is 2.12. The molecule has 0 bridgehead atoms. The van der Waals surface area contributed by atoms with Crippen molar-refractivity contribution in [3.8, 4) is 5.75 Å². The number of phenols is 1. The van der Waals surface area contributed by atoms with E-state index in [1.165, 1.54) is 0 Å². The molecule has 0 amide bonds. The van der Waals surface area contributed by atoms with Gasteiger partial charge in [-0.1, -0.05) is 22.0 Å². The molecule has 0 saturated carbocycles. The predicted molar refractivity (Wildman–Crippen MR) is 120 cm³/mol. The third-order valence-electron chi connectivity index (χ3n) is 4.58. The summed E-state index contributed by atoms with van der Waals surface area (Å²) in [4.78, 5) is 11.9. The SMILES string of the molecule is C[N+](C)(C)c1cccc(Nc2cc(N)c3c(c2O)C(=N)CC(Br)=C3C(=O)Cl)c1. The highest BCUT2D eigenvalue weighted by atomic mass is 79.9. The van der Waals surface area contributed by atoms with Crippen molar-refractivity contribution < 1.29 is 9.90 Å². The molecule has 2 aromatic carbocycles. The first-order valence-corrected chi connectivity index (χ1v) is 9.69. The zero-order chi connectivity index (χ0) is 20.8. The van der Waals surface area contributed by atoms with Gasteiger partial charge in [0, 0.05) is 45.2 Å². The Bertz CT molecular complexity index is 1040. The van der Waals surface area contributed by atoms with Gasteiger partial charge >= 0.3 is 0 Å². The molecular formula is C20H21BrClN4O2+. The molecule has 0 saturated heterocycles. The number of phenolic OH excluding ortho intramolecular Hbond substituents is 1. The van der Waals surface area contributed by atoms with Gasteiger partial charge in [0.25, 0.3) is 5.24 Å². The number of nitrogens with zero attached hydrogens (tertiary/aromatic N) is 1. The summed E-state index contributed by atoms with van der Waals surface area (Å²) in [7, 11) is 6.18. The van der Waals surface area contributed by atoms with Crippen LogP contribution in [0.15, 0.2) is 34.8 Å². The number of allylic oxidation sites excluding steroid dienone is 2. The van der Waals surface area contributed by atoms with E-state index in [1.54, 1.807) is 6.07 Å². The van der Waals surface area contributed by atoms with Gasteiger partial charge in [-0.3, -0.25) is 9.28 Å². The molecular weight excluding hydrogens is 444 g/mol. The van der Waals surface area contributed by atoms with Crippen LogP contribution in [0.4, 0.5) is 22.7 Å². The zero-order valence-corrected chi connectivity index (χ0v) is 18.1. The first kappa shape index (κ1) is 20.4. The van der Waals surface area contributed by atoms with Crippen molar-refractivity contribution in [3.63, 3.8) is 0 Å². The predicted octanol–water partition coefficient (Wildman–Crippen LogP) is 4.56. The van der Waals surface area contributed by atoms with Gasteiger partial charge in [-0.2, -0.15) is 0 Å². The average Bonchev–Trinajstić information content (AvgIpc) is 2.58. The number of fused-ring (bicyclic) bond motifs is 1. The fraction of sp³-hybridized carbons (Fsp3) is 0.200. The highest BCUT2D eigenvalue weighted by molar-refractivity contribution is 9.11. The number of anilines is 3. The van der Waals surface area contributed by atoms with Gasteiger partial charge in [-0.15, -0.1) is 0 Å². The lowest BCUT2D eigenvalue weighted by Crippen LogP contribution is -2.34.